The summed E-state index contributed by atoms with van der Waals surface area (Å²) in [4.78, 5) is 10.4. The van der Waals surface area contributed by atoms with Crippen molar-refractivity contribution in [2.45, 2.75) is 6.42 Å². The molecule has 0 radical (unpaired) electrons. The maximum atomic E-state index is 11.6. The molecule has 0 amide bonds. The van der Waals surface area contributed by atoms with Gasteiger partial charge >= 0.3 is 0 Å². The van der Waals surface area contributed by atoms with Gasteiger partial charge in [0.2, 0.25) is 10.0 Å². The number of rotatable bonds is 7. The minimum atomic E-state index is -3.34. The van der Waals surface area contributed by atoms with Crippen LogP contribution in [-0.2, 0) is 14.8 Å². The number of methoxy groups -OCH3 is 1. The maximum absolute atomic E-state index is 11.6. The monoisotopic (exact) mass is 257 g/mol. The molecule has 94 valence electrons. The molecule has 0 heterocycles. The van der Waals surface area contributed by atoms with Crippen LogP contribution in [0.1, 0.15) is 16.8 Å². The Kier molecular flexibility index (Phi) is 5.11. The first-order valence-corrected chi connectivity index (χ1v) is 6.77. The lowest BCUT2D eigenvalue weighted by molar-refractivity contribution is 0.112. The molecule has 1 rings (SSSR count). The van der Waals surface area contributed by atoms with Crippen molar-refractivity contribution in [2.24, 2.45) is 0 Å². The molecule has 5 nitrogen and oxygen atoms in total. The van der Waals surface area contributed by atoms with Gasteiger partial charge in [-0.25, -0.2) is 8.42 Å². The van der Waals surface area contributed by atoms with Gasteiger partial charge in [0.1, 0.15) is 6.29 Å². The van der Waals surface area contributed by atoms with Crippen LogP contribution in [0.3, 0.4) is 0 Å². The molecule has 0 saturated heterocycles. The number of sulfonamides is 1. The minimum Gasteiger partial charge on any atom is -0.385 e. The number of ether oxygens (including phenoxy) is 1. The van der Waals surface area contributed by atoms with Crippen LogP contribution in [0.5, 0.6) is 0 Å². The van der Waals surface area contributed by atoms with Crippen molar-refractivity contribution in [3.05, 3.63) is 29.8 Å². The number of hydrogen-bond donors (Lipinski definition) is 1. The van der Waals surface area contributed by atoms with Gasteiger partial charge in [0.05, 0.1) is 5.75 Å². The molecule has 0 unspecified atom stereocenters. The van der Waals surface area contributed by atoms with E-state index in [1.54, 1.807) is 24.3 Å². The predicted octanol–water partition coefficient (Wildman–Crippen LogP) is 1.28. The van der Waals surface area contributed by atoms with E-state index >= 15 is 0 Å². The molecule has 0 aromatic heterocycles. The SMILES string of the molecule is COCCCS(=O)(=O)Nc1ccc(C=O)cc1. The largest absolute Gasteiger partial charge is 0.385 e. The average molecular weight is 257 g/mol. The summed E-state index contributed by atoms with van der Waals surface area (Å²) in [6.45, 7) is 0.408. The smallest absolute Gasteiger partial charge is 0.232 e. The maximum Gasteiger partial charge on any atom is 0.232 e. The highest BCUT2D eigenvalue weighted by atomic mass is 32.2. The first kappa shape index (κ1) is 13.7. The zero-order valence-corrected chi connectivity index (χ0v) is 10.4. The number of carbonyl (C=O) groups is 1. The summed E-state index contributed by atoms with van der Waals surface area (Å²) in [5.41, 5.74) is 0.959. The zero-order valence-electron chi connectivity index (χ0n) is 9.55. The number of nitrogens with one attached hydrogen (secondary N) is 1. The molecule has 17 heavy (non-hydrogen) atoms. The Balaban J connectivity index is 2.59. The summed E-state index contributed by atoms with van der Waals surface area (Å²) >= 11 is 0. The van der Waals surface area contributed by atoms with Crippen molar-refractivity contribution in [1.82, 2.24) is 0 Å². The zero-order chi connectivity index (χ0) is 12.7. The fraction of sp³-hybridized carbons (Fsp3) is 0.364. The van der Waals surface area contributed by atoms with Crippen molar-refractivity contribution in [2.75, 3.05) is 24.2 Å². The molecule has 0 aliphatic carbocycles. The van der Waals surface area contributed by atoms with Crippen LogP contribution in [-0.4, -0.2) is 34.2 Å². The molecule has 6 heteroatoms. The highest BCUT2D eigenvalue weighted by Crippen LogP contribution is 2.10. The van der Waals surface area contributed by atoms with Gasteiger partial charge in [-0.1, -0.05) is 0 Å². The summed E-state index contributed by atoms with van der Waals surface area (Å²) in [6.07, 6.45) is 1.15. The van der Waals surface area contributed by atoms with Crippen molar-refractivity contribution < 1.29 is 17.9 Å². The second kappa shape index (κ2) is 6.36. The molecule has 1 aromatic carbocycles. The fourth-order valence-corrected chi connectivity index (χ4v) is 2.35. The van der Waals surface area contributed by atoms with Crippen LogP contribution in [0, 0.1) is 0 Å². The average Bonchev–Trinajstić information content (AvgIpc) is 2.30. The molecule has 0 aliphatic heterocycles. The van der Waals surface area contributed by atoms with Crippen molar-refractivity contribution >= 4 is 22.0 Å². The van der Waals surface area contributed by atoms with Gasteiger partial charge < -0.3 is 4.74 Å². The molecular weight excluding hydrogens is 242 g/mol. The Hall–Kier alpha value is -1.40. The Labute approximate surface area is 101 Å². The van der Waals surface area contributed by atoms with Crippen LogP contribution in [0.4, 0.5) is 5.69 Å². The number of aldehydes is 1. The fourth-order valence-electron chi connectivity index (χ4n) is 1.25. The highest BCUT2D eigenvalue weighted by molar-refractivity contribution is 7.92. The summed E-state index contributed by atoms with van der Waals surface area (Å²) in [7, 11) is -1.82. The van der Waals surface area contributed by atoms with Crippen LogP contribution in [0.25, 0.3) is 0 Å². The Bertz CT molecular complexity index is 453. The lowest BCUT2D eigenvalue weighted by atomic mass is 10.2. The van der Waals surface area contributed by atoms with E-state index in [1.165, 1.54) is 7.11 Å². The second-order valence-electron chi connectivity index (χ2n) is 3.51. The van der Waals surface area contributed by atoms with Crippen LogP contribution < -0.4 is 4.72 Å². The van der Waals surface area contributed by atoms with Gasteiger partial charge in [-0.3, -0.25) is 9.52 Å². The van der Waals surface area contributed by atoms with Gasteiger partial charge in [-0.15, -0.1) is 0 Å². The third-order valence-corrected chi connectivity index (χ3v) is 3.45. The van der Waals surface area contributed by atoms with Crippen molar-refractivity contribution in [3.8, 4) is 0 Å². The van der Waals surface area contributed by atoms with E-state index in [0.29, 0.717) is 30.6 Å². The molecule has 1 N–H and O–H groups in total. The second-order valence-corrected chi connectivity index (χ2v) is 5.35. The van der Waals surface area contributed by atoms with E-state index in [0.717, 1.165) is 0 Å². The summed E-state index contributed by atoms with van der Waals surface area (Å²) in [6, 6.07) is 6.22. The molecule has 0 aliphatic rings. The predicted molar refractivity (Wildman–Crippen MR) is 65.7 cm³/mol. The molecule has 0 fully saturated rings. The quantitative estimate of drug-likeness (QED) is 0.590. The van der Waals surface area contributed by atoms with Gasteiger partial charge in [-0.2, -0.15) is 0 Å². The summed E-state index contributed by atoms with van der Waals surface area (Å²) in [5.74, 6) is 0.0102. The van der Waals surface area contributed by atoms with Crippen LogP contribution >= 0.6 is 0 Å². The van der Waals surface area contributed by atoms with Gasteiger partial charge in [-0.05, 0) is 30.7 Å². The highest BCUT2D eigenvalue weighted by Gasteiger charge is 2.09. The van der Waals surface area contributed by atoms with Crippen LogP contribution in [0.2, 0.25) is 0 Å². The Morgan fingerprint density at radius 2 is 1.94 bits per heavy atom. The third kappa shape index (κ3) is 4.97. The minimum absolute atomic E-state index is 0.0102. The van der Waals surface area contributed by atoms with Gasteiger partial charge in [0.15, 0.2) is 0 Å². The Morgan fingerprint density at radius 3 is 2.47 bits per heavy atom. The number of anilines is 1. The first-order chi connectivity index (χ1) is 8.07. The number of carbonyl (C=O) groups excluding carboxylic acids is 1. The number of benzene rings is 1. The molecule has 0 saturated carbocycles. The van der Waals surface area contributed by atoms with E-state index < -0.39 is 10.0 Å². The lowest BCUT2D eigenvalue weighted by Crippen LogP contribution is -2.17. The summed E-state index contributed by atoms with van der Waals surface area (Å²) < 4.78 is 30.4. The van der Waals surface area contributed by atoms with Gasteiger partial charge in [0.25, 0.3) is 0 Å². The Morgan fingerprint density at radius 1 is 1.29 bits per heavy atom. The molecule has 1 aromatic rings. The number of hydrogen-bond acceptors (Lipinski definition) is 4. The first-order valence-electron chi connectivity index (χ1n) is 5.12. The lowest BCUT2D eigenvalue weighted by Gasteiger charge is -2.07. The standard InChI is InChI=1S/C11H15NO4S/c1-16-7-2-8-17(14,15)12-11-5-3-10(9-13)4-6-11/h3-6,9,12H,2,7-8H2,1H3. The van der Waals surface area contributed by atoms with Crippen molar-refractivity contribution in [1.29, 1.82) is 0 Å². The van der Waals surface area contributed by atoms with E-state index in [9.17, 15) is 13.2 Å². The normalized spacial score (nSPS) is 11.1. The molecule has 0 bridgehead atoms. The van der Waals surface area contributed by atoms with E-state index in [2.05, 4.69) is 4.72 Å². The van der Waals surface area contributed by atoms with E-state index in [1.807, 2.05) is 0 Å². The topological polar surface area (TPSA) is 72.5 Å². The van der Waals surface area contributed by atoms with Gasteiger partial charge in [0, 0.05) is 25.0 Å². The van der Waals surface area contributed by atoms with E-state index in [4.69, 9.17) is 4.74 Å². The van der Waals surface area contributed by atoms with E-state index in [-0.39, 0.29) is 5.75 Å². The summed E-state index contributed by atoms with van der Waals surface area (Å²) in [5, 5.41) is 0. The van der Waals surface area contributed by atoms with Crippen molar-refractivity contribution in [3.63, 3.8) is 0 Å². The molecule has 0 atom stereocenters. The van der Waals surface area contributed by atoms with Crippen LogP contribution in [0.15, 0.2) is 24.3 Å². The molecular formula is C11H15NO4S. The molecule has 0 spiro atoms. The third-order valence-electron chi connectivity index (χ3n) is 2.08.